The molecule has 140 valence electrons. The monoisotopic (exact) mass is 377 g/mol. The minimum absolute atomic E-state index is 0.0887. The topological polar surface area (TPSA) is 73.7 Å². The summed E-state index contributed by atoms with van der Waals surface area (Å²) in [6, 6.07) is 5.13. The van der Waals surface area contributed by atoms with Crippen molar-refractivity contribution >= 4 is 10.0 Å². The summed E-state index contributed by atoms with van der Waals surface area (Å²) in [5, 5.41) is 4.26. The smallest absolute Gasteiger partial charge is 0.243 e. The van der Waals surface area contributed by atoms with Crippen LogP contribution in [0.2, 0.25) is 0 Å². The fourth-order valence-corrected chi connectivity index (χ4v) is 4.95. The number of ether oxygens (including phenoxy) is 2. The Balaban J connectivity index is 1.57. The highest BCUT2D eigenvalue weighted by molar-refractivity contribution is 7.89. The van der Waals surface area contributed by atoms with Crippen LogP contribution in [0.25, 0.3) is 0 Å². The Hall–Kier alpha value is -1.90. The first kappa shape index (κ1) is 17.5. The fourth-order valence-electron chi connectivity index (χ4n) is 3.47. The summed E-state index contributed by atoms with van der Waals surface area (Å²) in [5.74, 6) is 0.781. The highest BCUT2D eigenvalue weighted by atomic mass is 32.2. The summed E-state index contributed by atoms with van der Waals surface area (Å²) in [6.45, 7) is 5.77. The summed E-state index contributed by atoms with van der Waals surface area (Å²) < 4.78 is 41.0. The molecule has 1 aromatic carbocycles. The van der Waals surface area contributed by atoms with Crippen LogP contribution in [0.1, 0.15) is 31.1 Å². The minimum atomic E-state index is -3.57. The van der Waals surface area contributed by atoms with Gasteiger partial charge in [0.25, 0.3) is 0 Å². The van der Waals surface area contributed by atoms with E-state index < -0.39 is 10.0 Å². The Morgan fingerprint density at radius 2 is 2.19 bits per heavy atom. The van der Waals surface area contributed by atoms with Gasteiger partial charge in [0, 0.05) is 37.8 Å². The third-order valence-corrected chi connectivity index (χ3v) is 6.74. The van der Waals surface area contributed by atoms with E-state index >= 15 is 0 Å². The van der Waals surface area contributed by atoms with Crippen molar-refractivity contribution in [1.82, 2.24) is 14.1 Å². The number of hydrogen-bond donors (Lipinski definition) is 0. The van der Waals surface area contributed by atoms with Crippen LogP contribution in [0.4, 0.5) is 0 Å². The fraction of sp³-hybridized carbons (Fsp3) is 0.500. The average molecular weight is 377 g/mol. The molecule has 8 heteroatoms. The quantitative estimate of drug-likeness (QED) is 0.815. The number of sulfonamides is 1. The zero-order valence-corrected chi connectivity index (χ0v) is 15.8. The highest BCUT2D eigenvalue weighted by Gasteiger charge is 2.33. The normalized spacial score (nSPS) is 23.6. The molecule has 0 amide bonds. The third kappa shape index (κ3) is 3.13. The molecule has 7 nitrogen and oxygen atoms in total. The van der Waals surface area contributed by atoms with E-state index in [-0.39, 0.29) is 12.2 Å². The van der Waals surface area contributed by atoms with Gasteiger partial charge in [0.15, 0.2) is 0 Å². The lowest BCUT2D eigenvalue weighted by Crippen LogP contribution is -2.42. The summed E-state index contributed by atoms with van der Waals surface area (Å²) in [5.41, 5.74) is 1.86. The maximum Gasteiger partial charge on any atom is 0.243 e. The number of fused-ring (bicyclic) bond motifs is 1. The summed E-state index contributed by atoms with van der Waals surface area (Å²) >= 11 is 0. The van der Waals surface area contributed by atoms with Crippen molar-refractivity contribution in [2.75, 3.05) is 19.7 Å². The van der Waals surface area contributed by atoms with E-state index in [2.05, 4.69) is 5.10 Å². The number of rotatable bonds is 4. The van der Waals surface area contributed by atoms with Gasteiger partial charge in [-0.2, -0.15) is 9.40 Å². The van der Waals surface area contributed by atoms with E-state index in [0.717, 1.165) is 29.8 Å². The predicted octanol–water partition coefficient (Wildman–Crippen LogP) is 1.99. The lowest BCUT2D eigenvalue weighted by molar-refractivity contribution is -0.00260. The van der Waals surface area contributed by atoms with Crippen molar-refractivity contribution in [3.63, 3.8) is 0 Å². The number of morpholine rings is 1. The van der Waals surface area contributed by atoms with E-state index in [1.54, 1.807) is 24.4 Å². The molecule has 0 N–H and O–H groups in total. The van der Waals surface area contributed by atoms with Gasteiger partial charge in [-0.1, -0.05) is 0 Å². The average Bonchev–Trinajstić information content (AvgIpc) is 3.26. The molecule has 4 rings (SSSR count). The molecule has 26 heavy (non-hydrogen) atoms. The molecule has 0 aliphatic carbocycles. The van der Waals surface area contributed by atoms with Crippen LogP contribution in [0, 0.1) is 0 Å². The van der Waals surface area contributed by atoms with Gasteiger partial charge in [0.05, 0.1) is 23.8 Å². The van der Waals surface area contributed by atoms with Crippen LogP contribution >= 0.6 is 0 Å². The van der Waals surface area contributed by atoms with Gasteiger partial charge < -0.3 is 9.47 Å². The molecule has 0 spiro atoms. The molecule has 3 heterocycles. The molecule has 0 saturated carbocycles. The first-order chi connectivity index (χ1) is 12.5. The van der Waals surface area contributed by atoms with Crippen molar-refractivity contribution in [3.8, 4) is 5.75 Å². The highest BCUT2D eigenvalue weighted by Crippen LogP contribution is 2.33. The van der Waals surface area contributed by atoms with Gasteiger partial charge in [0.1, 0.15) is 11.9 Å². The van der Waals surface area contributed by atoms with E-state index in [4.69, 9.17) is 9.47 Å². The first-order valence-electron chi connectivity index (χ1n) is 8.91. The molecule has 2 aliphatic rings. The molecular formula is C18H23N3O4S. The van der Waals surface area contributed by atoms with E-state index in [1.165, 1.54) is 4.31 Å². The maximum atomic E-state index is 13.1. The molecule has 2 aromatic rings. The molecule has 2 aliphatic heterocycles. The van der Waals surface area contributed by atoms with Gasteiger partial charge in [-0.15, -0.1) is 0 Å². The second kappa shape index (κ2) is 6.68. The summed E-state index contributed by atoms with van der Waals surface area (Å²) in [6.07, 6.45) is 4.19. The Labute approximate surface area is 153 Å². The molecule has 0 unspecified atom stereocenters. The molecule has 1 saturated heterocycles. The van der Waals surface area contributed by atoms with Crippen LogP contribution in [0.5, 0.6) is 5.75 Å². The number of benzene rings is 1. The molecule has 2 atom stereocenters. The predicted molar refractivity (Wildman–Crippen MR) is 95.6 cm³/mol. The van der Waals surface area contributed by atoms with E-state index in [1.807, 2.05) is 24.7 Å². The van der Waals surface area contributed by atoms with Crippen LogP contribution in [-0.2, 0) is 27.7 Å². The van der Waals surface area contributed by atoms with Crippen LogP contribution in [-0.4, -0.2) is 48.3 Å². The lowest BCUT2D eigenvalue weighted by Gasteiger charge is -2.31. The molecule has 1 fully saturated rings. The molecule has 1 aromatic heterocycles. The SMILES string of the molecule is CCn1cc([C@@H]2CN(S(=O)(=O)c3ccc4c(c3)C[C@H](C)O4)CCO2)cn1. The molecular weight excluding hydrogens is 354 g/mol. The summed E-state index contributed by atoms with van der Waals surface area (Å²) in [7, 11) is -3.57. The van der Waals surface area contributed by atoms with E-state index in [9.17, 15) is 8.42 Å². The molecule has 0 radical (unpaired) electrons. The largest absolute Gasteiger partial charge is 0.490 e. The van der Waals surface area contributed by atoms with Crippen LogP contribution in [0.15, 0.2) is 35.5 Å². The van der Waals surface area contributed by atoms with Crippen molar-refractivity contribution in [2.45, 2.75) is 43.9 Å². The van der Waals surface area contributed by atoms with Gasteiger partial charge in [-0.05, 0) is 37.6 Å². The zero-order chi connectivity index (χ0) is 18.3. The maximum absolute atomic E-state index is 13.1. The van der Waals surface area contributed by atoms with Crippen LogP contribution < -0.4 is 4.74 Å². The van der Waals surface area contributed by atoms with Gasteiger partial charge in [0.2, 0.25) is 10.0 Å². The number of aromatic nitrogens is 2. The first-order valence-corrected chi connectivity index (χ1v) is 10.3. The molecule has 0 bridgehead atoms. The van der Waals surface area contributed by atoms with Crippen molar-refractivity contribution in [3.05, 3.63) is 41.7 Å². The Kier molecular flexibility index (Phi) is 4.50. The standard InChI is InChI=1S/C18H23N3O4S/c1-3-20-11-15(10-19-20)18-12-21(6-7-24-18)26(22,23)16-4-5-17-14(9-16)8-13(2)25-17/h4-5,9-11,13,18H,3,6-8,12H2,1-2H3/t13-,18-/m0/s1. The Bertz CT molecular complexity index is 909. The van der Waals surface area contributed by atoms with Crippen molar-refractivity contribution < 1.29 is 17.9 Å². The Morgan fingerprint density at radius 1 is 1.35 bits per heavy atom. The third-order valence-electron chi connectivity index (χ3n) is 4.88. The minimum Gasteiger partial charge on any atom is -0.490 e. The van der Waals surface area contributed by atoms with E-state index in [0.29, 0.717) is 24.6 Å². The van der Waals surface area contributed by atoms with Gasteiger partial charge in [-0.3, -0.25) is 4.68 Å². The second-order valence-electron chi connectivity index (χ2n) is 6.75. The van der Waals surface area contributed by atoms with Gasteiger partial charge in [-0.25, -0.2) is 8.42 Å². The Morgan fingerprint density at radius 3 is 2.96 bits per heavy atom. The lowest BCUT2D eigenvalue weighted by atomic mass is 10.1. The summed E-state index contributed by atoms with van der Waals surface area (Å²) in [4.78, 5) is 0.318. The number of aryl methyl sites for hydroxylation is 1. The van der Waals surface area contributed by atoms with Crippen molar-refractivity contribution in [2.24, 2.45) is 0 Å². The number of hydrogen-bond acceptors (Lipinski definition) is 5. The van der Waals surface area contributed by atoms with Gasteiger partial charge >= 0.3 is 0 Å². The van der Waals surface area contributed by atoms with Crippen molar-refractivity contribution in [1.29, 1.82) is 0 Å². The zero-order valence-electron chi connectivity index (χ0n) is 15.0. The second-order valence-corrected chi connectivity index (χ2v) is 8.69. The van der Waals surface area contributed by atoms with Crippen LogP contribution in [0.3, 0.4) is 0 Å². The number of nitrogens with zero attached hydrogens (tertiary/aromatic N) is 3.